The predicted octanol–water partition coefficient (Wildman–Crippen LogP) is 2.21. The van der Waals surface area contributed by atoms with E-state index in [9.17, 15) is 4.79 Å². The molecule has 0 saturated heterocycles. The topological polar surface area (TPSA) is 65.2 Å². The SMILES string of the molecule is COC(=O)Cc1nc(-c2cccc(Br)c2)no1. The lowest BCUT2D eigenvalue weighted by Gasteiger charge is -1.94. The molecule has 0 atom stereocenters. The van der Waals surface area contributed by atoms with Crippen LogP contribution in [0.5, 0.6) is 0 Å². The molecule has 6 heteroatoms. The van der Waals surface area contributed by atoms with Crippen LogP contribution in [0, 0.1) is 0 Å². The summed E-state index contributed by atoms with van der Waals surface area (Å²) in [7, 11) is 1.31. The van der Waals surface area contributed by atoms with Crippen molar-refractivity contribution in [2.75, 3.05) is 7.11 Å². The fourth-order valence-electron chi connectivity index (χ4n) is 1.27. The fraction of sp³-hybridized carbons (Fsp3) is 0.182. The molecular formula is C11H9BrN2O3. The third-order valence-electron chi connectivity index (χ3n) is 2.07. The summed E-state index contributed by atoms with van der Waals surface area (Å²) in [4.78, 5) is 15.1. The third-order valence-corrected chi connectivity index (χ3v) is 2.57. The van der Waals surface area contributed by atoms with Crippen molar-refractivity contribution in [1.82, 2.24) is 10.1 Å². The molecule has 1 aromatic heterocycles. The van der Waals surface area contributed by atoms with Gasteiger partial charge >= 0.3 is 5.97 Å². The maximum atomic E-state index is 11.0. The highest BCUT2D eigenvalue weighted by atomic mass is 79.9. The van der Waals surface area contributed by atoms with E-state index in [0.29, 0.717) is 5.82 Å². The molecule has 17 heavy (non-hydrogen) atoms. The molecule has 0 N–H and O–H groups in total. The van der Waals surface area contributed by atoms with Crippen molar-refractivity contribution in [3.05, 3.63) is 34.6 Å². The summed E-state index contributed by atoms with van der Waals surface area (Å²) in [6, 6.07) is 7.50. The van der Waals surface area contributed by atoms with E-state index in [1.165, 1.54) is 7.11 Å². The highest BCUT2D eigenvalue weighted by molar-refractivity contribution is 9.10. The van der Waals surface area contributed by atoms with E-state index >= 15 is 0 Å². The highest BCUT2D eigenvalue weighted by Crippen LogP contribution is 2.20. The minimum absolute atomic E-state index is 0.0164. The maximum Gasteiger partial charge on any atom is 0.315 e. The van der Waals surface area contributed by atoms with Crippen LogP contribution >= 0.6 is 15.9 Å². The summed E-state index contributed by atoms with van der Waals surface area (Å²) < 4.78 is 10.4. The lowest BCUT2D eigenvalue weighted by atomic mass is 10.2. The number of aromatic nitrogens is 2. The summed E-state index contributed by atoms with van der Waals surface area (Å²) >= 11 is 3.36. The molecule has 2 rings (SSSR count). The Morgan fingerprint density at radius 2 is 2.35 bits per heavy atom. The van der Waals surface area contributed by atoms with E-state index < -0.39 is 5.97 Å². The van der Waals surface area contributed by atoms with Crippen LogP contribution < -0.4 is 0 Å². The second kappa shape index (κ2) is 5.09. The summed E-state index contributed by atoms with van der Waals surface area (Å²) in [5.41, 5.74) is 0.819. The molecule has 0 fully saturated rings. The first-order valence-corrected chi connectivity index (χ1v) is 5.63. The molecule has 5 nitrogen and oxygen atoms in total. The number of hydrogen-bond acceptors (Lipinski definition) is 5. The zero-order chi connectivity index (χ0) is 12.3. The van der Waals surface area contributed by atoms with Gasteiger partial charge in [0, 0.05) is 10.0 Å². The fourth-order valence-corrected chi connectivity index (χ4v) is 1.67. The van der Waals surface area contributed by atoms with Gasteiger partial charge in [-0.3, -0.25) is 4.79 Å². The van der Waals surface area contributed by atoms with Crippen molar-refractivity contribution < 1.29 is 14.1 Å². The number of nitrogens with zero attached hydrogens (tertiary/aromatic N) is 2. The van der Waals surface area contributed by atoms with E-state index in [0.717, 1.165) is 10.0 Å². The third kappa shape index (κ3) is 2.91. The molecular weight excluding hydrogens is 288 g/mol. The van der Waals surface area contributed by atoms with Gasteiger partial charge in [0.2, 0.25) is 11.7 Å². The lowest BCUT2D eigenvalue weighted by Crippen LogP contribution is -2.04. The Bertz CT molecular complexity index is 539. The normalized spacial score (nSPS) is 10.2. The summed E-state index contributed by atoms with van der Waals surface area (Å²) in [5, 5.41) is 3.80. The number of carbonyl (C=O) groups is 1. The molecule has 0 aliphatic carbocycles. The van der Waals surface area contributed by atoms with Crippen LogP contribution in [0.1, 0.15) is 5.89 Å². The van der Waals surface area contributed by atoms with Crippen molar-refractivity contribution >= 4 is 21.9 Å². The van der Waals surface area contributed by atoms with E-state index in [-0.39, 0.29) is 12.3 Å². The molecule has 0 saturated carbocycles. The van der Waals surface area contributed by atoms with Gasteiger partial charge in [-0.25, -0.2) is 0 Å². The van der Waals surface area contributed by atoms with Crippen LogP contribution in [0.4, 0.5) is 0 Å². The molecule has 0 radical (unpaired) electrons. The number of rotatable bonds is 3. The number of methoxy groups -OCH3 is 1. The van der Waals surface area contributed by atoms with Crippen molar-refractivity contribution in [1.29, 1.82) is 0 Å². The molecule has 0 spiro atoms. The number of ether oxygens (including phenoxy) is 1. The first-order valence-electron chi connectivity index (χ1n) is 4.84. The van der Waals surface area contributed by atoms with Crippen molar-refractivity contribution in [2.45, 2.75) is 6.42 Å². The van der Waals surface area contributed by atoms with Gasteiger partial charge in [0.15, 0.2) is 0 Å². The number of halogens is 1. The molecule has 0 amide bonds. The summed E-state index contributed by atoms with van der Waals surface area (Å²) in [5.74, 6) is 0.284. The standard InChI is InChI=1S/C11H9BrN2O3/c1-16-10(15)6-9-13-11(14-17-9)7-3-2-4-8(12)5-7/h2-5H,6H2,1H3. The number of benzene rings is 1. The van der Waals surface area contributed by atoms with Crippen molar-refractivity contribution in [2.24, 2.45) is 0 Å². The van der Waals surface area contributed by atoms with Gasteiger partial charge in [-0.15, -0.1) is 0 Å². The highest BCUT2D eigenvalue weighted by Gasteiger charge is 2.12. The minimum atomic E-state index is -0.408. The molecule has 1 heterocycles. The predicted molar refractivity (Wildman–Crippen MR) is 63.2 cm³/mol. The molecule has 2 aromatic rings. The molecule has 1 aromatic carbocycles. The van der Waals surface area contributed by atoms with Crippen LogP contribution in [-0.2, 0) is 16.0 Å². The average Bonchev–Trinajstić information content (AvgIpc) is 2.77. The zero-order valence-electron chi connectivity index (χ0n) is 9.01. The van der Waals surface area contributed by atoms with Gasteiger partial charge < -0.3 is 9.26 Å². The van der Waals surface area contributed by atoms with Crippen molar-refractivity contribution in [3.63, 3.8) is 0 Å². The summed E-state index contributed by atoms with van der Waals surface area (Å²) in [6.07, 6.45) is -0.0164. The van der Waals surface area contributed by atoms with E-state index in [4.69, 9.17) is 4.52 Å². The number of hydrogen-bond donors (Lipinski definition) is 0. The van der Waals surface area contributed by atoms with Gasteiger partial charge in [-0.2, -0.15) is 4.98 Å². The van der Waals surface area contributed by atoms with E-state index in [1.807, 2.05) is 24.3 Å². The zero-order valence-corrected chi connectivity index (χ0v) is 10.6. The second-order valence-electron chi connectivity index (χ2n) is 3.27. The number of esters is 1. The quantitative estimate of drug-likeness (QED) is 0.813. The number of carbonyl (C=O) groups excluding carboxylic acids is 1. The molecule has 0 aliphatic rings. The summed E-state index contributed by atoms with van der Waals surface area (Å²) in [6.45, 7) is 0. The molecule has 0 bridgehead atoms. The van der Waals surface area contributed by atoms with Gasteiger partial charge in [-0.05, 0) is 12.1 Å². The minimum Gasteiger partial charge on any atom is -0.469 e. The van der Waals surface area contributed by atoms with Crippen LogP contribution in [0.25, 0.3) is 11.4 Å². The molecule has 0 unspecified atom stereocenters. The van der Waals surface area contributed by atoms with Crippen LogP contribution in [-0.4, -0.2) is 23.2 Å². The maximum absolute atomic E-state index is 11.0. The Morgan fingerprint density at radius 1 is 1.53 bits per heavy atom. The molecule has 88 valence electrons. The van der Waals surface area contributed by atoms with E-state index in [1.54, 1.807) is 0 Å². The average molecular weight is 297 g/mol. The Balaban J connectivity index is 2.21. The Kier molecular flexibility index (Phi) is 3.53. The monoisotopic (exact) mass is 296 g/mol. The van der Waals surface area contributed by atoms with E-state index in [2.05, 4.69) is 30.8 Å². The van der Waals surface area contributed by atoms with Crippen LogP contribution in [0.15, 0.2) is 33.3 Å². The second-order valence-corrected chi connectivity index (χ2v) is 4.19. The van der Waals surface area contributed by atoms with Gasteiger partial charge in [0.25, 0.3) is 0 Å². The Morgan fingerprint density at radius 3 is 3.06 bits per heavy atom. The van der Waals surface area contributed by atoms with Gasteiger partial charge in [0.1, 0.15) is 6.42 Å². The smallest absolute Gasteiger partial charge is 0.315 e. The lowest BCUT2D eigenvalue weighted by molar-refractivity contribution is -0.140. The Hall–Kier alpha value is -1.69. The first kappa shape index (κ1) is 11.8. The Labute approximate surface area is 106 Å². The van der Waals surface area contributed by atoms with Crippen LogP contribution in [0.2, 0.25) is 0 Å². The van der Waals surface area contributed by atoms with Gasteiger partial charge in [0.05, 0.1) is 7.11 Å². The van der Waals surface area contributed by atoms with Crippen molar-refractivity contribution in [3.8, 4) is 11.4 Å². The molecule has 0 aliphatic heterocycles. The first-order chi connectivity index (χ1) is 8.19. The van der Waals surface area contributed by atoms with Gasteiger partial charge in [-0.1, -0.05) is 33.2 Å². The van der Waals surface area contributed by atoms with Crippen LogP contribution in [0.3, 0.4) is 0 Å². The largest absolute Gasteiger partial charge is 0.469 e.